The van der Waals surface area contributed by atoms with Gasteiger partial charge in [0.25, 0.3) is 0 Å². The minimum atomic E-state index is -0.254. The maximum atomic E-state index is 10.0. The van der Waals surface area contributed by atoms with Crippen LogP contribution in [0.2, 0.25) is 0 Å². The molecule has 1 N–H and O–H groups in total. The highest BCUT2D eigenvalue weighted by molar-refractivity contribution is 9.10. The molecule has 1 unspecified atom stereocenters. The van der Waals surface area contributed by atoms with Gasteiger partial charge in [-0.2, -0.15) is 0 Å². The molecular weight excluding hydrogens is 308 g/mol. The van der Waals surface area contributed by atoms with Gasteiger partial charge in [-0.15, -0.1) is 11.3 Å². The third-order valence-corrected chi connectivity index (χ3v) is 4.63. The first-order valence-electron chi connectivity index (χ1n) is 6.10. The van der Waals surface area contributed by atoms with E-state index in [1.54, 1.807) is 11.3 Å². The fourth-order valence-corrected chi connectivity index (χ4v) is 3.52. The Morgan fingerprint density at radius 2 is 2.17 bits per heavy atom. The average Bonchev–Trinajstić information content (AvgIpc) is 2.72. The third kappa shape index (κ3) is 4.23. The summed E-state index contributed by atoms with van der Waals surface area (Å²) in [6, 6.07) is 10.6. The Bertz CT molecular complexity index is 507. The number of halogens is 1. The Hall–Kier alpha value is -0.640. The van der Waals surface area contributed by atoms with Crippen LogP contribution in [0.15, 0.2) is 40.2 Å². The van der Waals surface area contributed by atoms with Gasteiger partial charge < -0.3 is 5.11 Å². The molecule has 3 heteroatoms. The predicted octanol–water partition coefficient (Wildman–Crippen LogP) is 4.36. The van der Waals surface area contributed by atoms with E-state index in [2.05, 4.69) is 58.6 Å². The number of aliphatic hydroxyl groups is 1. The molecule has 2 aromatic rings. The van der Waals surface area contributed by atoms with Crippen LogP contribution in [0.5, 0.6) is 0 Å². The van der Waals surface area contributed by atoms with Gasteiger partial charge in [-0.25, -0.2) is 0 Å². The van der Waals surface area contributed by atoms with Crippen molar-refractivity contribution in [2.75, 3.05) is 0 Å². The van der Waals surface area contributed by atoms with Gasteiger partial charge in [0.2, 0.25) is 0 Å². The van der Waals surface area contributed by atoms with Crippen LogP contribution in [0, 0.1) is 6.92 Å². The van der Waals surface area contributed by atoms with Crippen LogP contribution >= 0.6 is 27.3 Å². The Kier molecular flexibility index (Phi) is 4.98. The second-order valence-corrected chi connectivity index (χ2v) is 6.53. The number of hydrogen-bond donors (Lipinski definition) is 1. The number of benzene rings is 1. The van der Waals surface area contributed by atoms with E-state index in [0.29, 0.717) is 0 Å². The standard InChI is InChI=1S/C15H17BrOS/c1-11-3-2-4-12(7-11)5-6-14(17)9-15-8-13(16)10-18-15/h2-4,7-8,10,14,17H,5-6,9H2,1H3. The molecule has 18 heavy (non-hydrogen) atoms. The van der Waals surface area contributed by atoms with Gasteiger partial charge in [-0.1, -0.05) is 29.8 Å². The summed E-state index contributed by atoms with van der Waals surface area (Å²) >= 11 is 5.13. The first-order valence-corrected chi connectivity index (χ1v) is 7.77. The van der Waals surface area contributed by atoms with E-state index in [4.69, 9.17) is 0 Å². The van der Waals surface area contributed by atoms with Gasteiger partial charge in [0.1, 0.15) is 0 Å². The summed E-state index contributed by atoms with van der Waals surface area (Å²) in [6.07, 6.45) is 2.26. The van der Waals surface area contributed by atoms with Crippen LogP contribution < -0.4 is 0 Å². The number of thiophene rings is 1. The van der Waals surface area contributed by atoms with Crippen LogP contribution in [0.25, 0.3) is 0 Å². The molecule has 1 aromatic heterocycles. The van der Waals surface area contributed by atoms with E-state index in [1.807, 2.05) is 0 Å². The summed E-state index contributed by atoms with van der Waals surface area (Å²) in [4.78, 5) is 1.23. The maximum Gasteiger partial charge on any atom is 0.0591 e. The summed E-state index contributed by atoms with van der Waals surface area (Å²) < 4.78 is 1.10. The van der Waals surface area contributed by atoms with Crippen molar-refractivity contribution < 1.29 is 5.11 Å². The van der Waals surface area contributed by atoms with Crippen molar-refractivity contribution in [2.24, 2.45) is 0 Å². The number of aryl methyl sites for hydroxylation is 2. The molecule has 0 bridgehead atoms. The summed E-state index contributed by atoms with van der Waals surface area (Å²) in [7, 11) is 0. The fourth-order valence-electron chi connectivity index (χ4n) is 2.00. The molecule has 96 valence electrons. The molecule has 0 saturated carbocycles. The van der Waals surface area contributed by atoms with E-state index < -0.39 is 0 Å². The molecule has 1 atom stereocenters. The zero-order valence-corrected chi connectivity index (χ0v) is 12.8. The molecule has 0 radical (unpaired) electrons. The molecule has 0 aliphatic carbocycles. The van der Waals surface area contributed by atoms with Crippen molar-refractivity contribution in [1.29, 1.82) is 0 Å². The van der Waals surface area contributed by atoms with E-state index in [-0.39, 0.29) is 6.10 Å². The normalized spacial score (nSPS) is 12.6. The smallest absolute Gasteiger partial charge is 0.0591 e. The minimum absolute atomic E-state index is 0.254. The molecule has 1 nitrogen and oxygen atoms in total. The van der Waals surface area contributed by atoms with Crippen LogP contribution in [-0.4, -0.2) is 11.2 Å². The van der Waals surface area contributed by atoms with Crippen molar-refractivity contribution >= 4 is 27.3 Å². The van der Waals surface area contributed by atoms with Gasteiger partial charge in [0.05, 0.1) is 6.10 Å². The molecule has 0 fully saturated rings. The summed E-state index contributed by atoms with van der Waals surface area (Å²) in [5.41, 5.74) is 2.59. The van der Waals surface area contributed by atoms with Gasteiger partial charge in [-0.3, -0.25) is 0 Å². The molecular formula is C15H17BrOS. The molecule has 1 aromatic carbocycles. The van der Waals surface area contributed by atoms with Crippen molar-refractivity contribution in [3.8, 4) is 0 Å². The van der Waals surface area contributed by atoms with Gasteiger partial charge in [0.15, 0.2) is 0 Å². The molecule has 0 amide bonds. The number of hydrogen-bond acceptors (Lipinski definition) is 2. The largest absolute Gasteiger partial charge is 0.393 e. The molecule has 0 spiro atoms. The topological polar surface area (TPSA) is 20.2 Å². The van der Waals surface area contributed by atoms with Gasteiger partial charge in [0, 0.05) is 21.2 Å². The number of rotatable bonds is 5. The van der Waals surface area contributed by atoms with Gasteiger partial charge in [-0.05, 0) is 47.3 Å². The second kappa shape index (κ2) is 6.50. The zero-order valence-electron chi connectivity index (χ0n) is 10.4. The van der Waals surface area contributed by atoms with E-state index in [0.717, 1.165) is 23.7 Å². The van der Waals surface area contributed by atoms with E-state index in [9.17, 15) is 5.11 Å². The maximum absolute atomic E-state index is 10.0. The monoisotopic (exact) mass is 324 g/mol. The van der Waals surface area contributed by atoms with Crippen molar-refractivity contribution in [3.63, 3.8) is 0 Å². The van der Waals surface area contributed by atoms with Crippen molar-refractivity contribution in [1.82, 2.24) is 0 Å². The quantitative estimate of drug-likeness (QED) is 0.866. The van der Waals surface area contributed by atoms with E-state index >= 15 is 0 Å². The Labute approximate surface area is 121 Å². The summed E-state index contributed by atoms with van der Waals surface area (Å²) in [6.45, 7) is 2.10. The zero-order chi connectivity index (χ0) is 13.0. The van der Waals surface area contributed by atoms with Crippen LogP contribution in [-0.2, 0) is 12.8 Å². The van der Waals surface area contributed by atoms with Crippen molar-refractivity contribution in [2.45, 2.75) is 32.3 Å². The molecule has 1 heterocycles. The molecule has 0 saturated heterocycles. The fraction of sp³-hybridized carbons (Fsp3) is 0.333. The van der Waals surface area contributed by atoms with E-state index in [1.165, 1.54) is 16.0 Å². The van der Waals surface area contributed by atoms with Crippen molar-refractivity contribution in [3.05, 3.63) is 56.2 Å². The summed E-state index contributed by atoms with van der Waals surface area (Å²) in [5, 5.41) is 12.1. The minimum Gasteiger partial charge on any atom is -0.393 e. The highest BCUT2D eigenvalue weighted by Gasteiger charge is 2.08. The lowest BCUT2D eigenvalue weighted by Crippen LogP contribution is -2.10. The highest BCUT2D eigenvalue weighted by Crippen LogP contribution is 2.22. The molecule has 2 rings (SSSR count). The lowest BCUT2D eigenvalue weighted by atomic mass is 10.0. The predicted molar refractivity (Wildman–Crippen MR) is 81.2 cm³/mol. The second-order valence-electron chi connectivity index (χ2n) is 4.62. The Morgan fingerprint density at radius 3 is 2.83 bits per heavy atom. The first kappa shape index (κ1) is 13.8. The SMILES string of the molecule is Cc1cccc(CCC(O)Cc2cc(Br)cs2)c1. The molecule has 0 aliphatic rings. The highest BCUT2D eigenvalue weighted by atomic mass is 79.9. The average molecular weight is 325 g/mol. The molecule has 0 aliphatic heterocycles. The first-order chi connectivity index (χ1) is 8.63. The van der Waals surface area contributed by atoms with Crippen LogP contribution in [0.1, 0.15) is 22.4 Å². The Morgan fingerprint density at radius 1 is 1.33 bits per heavy atom. The van der Waals surface area contributed by atoms with Crippen LogP contribution in [0.3, 0.4) is 0 Å². The van der Waals surface area contributed by atoms with Crippen LogP contribution in [0.4, 0.5) is 0 Å². The lowest BCUT2D eigenvalue weighted by molar-refractivity contribution is 0.166. The Balaban J connectivity index is 1.83. The third-order valence-electron chi connectivity index (χ3n) is 2.91. The van der Waals surface area contributed by atoms with Gasteiger partial charge >= 0.3 is 0 Å². The summed E-state index contributed by atoms with van der Waals surface area (Å²) in [5.74, 6) is 0. The number of aliphatic hydroxyl groups excluding tert-OH is 1. The lowest BCUT2D eigenvalue weighted by Gasteiger charge is -2.09.